The average molecular weight is 406 g/mol. The number of benzene rings is 1. The monoisotopic (exact) mass is 406 g/mol. The first-order chi connectivity index (χ1) is 14.4. The Morgan fingerprint density at radius 2 is 2.13 bits per heavy atom. The minimum atomic E-state index is -0.239. The van der Waals surface area contributed by atoms with Crippen molar-refractivity contribution in [2.45, 2.75) is 39.2 Å². The Balaban J connectivity index is 0.000000265. The normalized spacial score (nSPS) is 16.4. The van der Waals surface area contributed by atoms with E-state index in [-0.39, 0.29) is 11.3 Å². The zero-order valence-electron chi connectivity index (χ0n) is 17.4. The molecule has 0 saturated carbocycles. The van der Waals surface area contributed by atoms with E-state index < -0.39 is 0 Å². The lowest BCUT2D eigenvalue weighted by molar-refractivity contribution is 0.425. The molecule has 3 aromatic heterocycles. The number of rotatable bonds is 1. The number of aromatic nitrogens is 5. The van der Waals surface area contributed by atoms with E-state index in [0.717, 1.165) is 16.9 Å². The number of pyridine rings is 1. The molecule has 0 bridgehead atoms. The van der Waals surface area contributed by atoms with Gasteiger partial charge in [0.2, 0.25) is 0 Å². The van der Waals surface area contributed by atoms with Gasteiger partial charge < -0.3 is 15.4 Å². The number of fused-ring (bicyclic) bond motifs is 2. The Morgan fingerprint density at radius 3 is 2.83 bits per heavy atom. The van der Waals surface area contributed by atoms with E-state index in [0.29, 0.717) is 27.9 Å². The van der Waals surface area contributed by atoms with Gasteiger partial charge in [-0.05, 0) is 45.4 Å². The van der Waals surface area contributed by atoms with Gasteiger partial charge >= 0.3 is 0 Å². The fourth-order valence-corrected chi connectivity index (χ4v) is 3.74. The van der Waals surface area contributed by atoms with Crippen molar-refractivity contribution in [1.82, 2.24) is 30.0 Å². The van der Waals surface area contributed by atoms with E-state index in [9.17, 15) is 9.90 Å². The van der Waals surface area contributed by atoms with Crippen LogP contribution in [0.4, 0.5) is 0 Å². The molecule has 1 aliphatic heterocycles. The van der Waals surface area contributed by atoms with Gasteiger partial charge in [0.1, 0.15) is 5.75 Å². The fourth-order valence-electron chi connectivity index (χ4n) is 3.74. The van der Waals surface area contributed by atoms with Gasteiger partial charge in [-0.15, -0.1) is 0 Å². The lowest BCUT2D eigenvalue weighted by Crippen LogP contribution is -2.30. The number of phenolic OH excluding ortho intramolecular Hbond substituents is 1. The fraction of sp³-hybridized carbons (Fsp3) is 0.364. The highest BCUT2D eigenvalue weighted by molar-refractivity contribution is 5.90. The highest BCUT2D eigenvalue weighted by atomic mass is 16.3. The second-order valence-corrected chi connectivity index (χ2v) is 7.79. The summed E-state index contributed by atoms with van der Waals surface area (Å²) in [4.78, 5) is 23.0. The number of hydrogen-bond acceptors (Lipinski definition) is 6. The molecule has 0 spiro atoms. The van der Waals surface area contributed by atoms with E-state index >= 15 is 0 Å². The SMILES string of the molecule is CC1CCCCN1.Cc1c(O)c(-c2ncc3c(=O)[nH]ccc3n2)cc2cn(C)nc12. The molecule has 1 unspecified atom stereocenters. The maximum absolute atomic E-state index is 11.7. The van der Waals surface area contributed by atoms with E-state index in [4.69, 9.17) is 0 Å². The van der Waals surface area contributed by atoms with Crippen molar-refractivity contribution in [3.05, 3.63) is 46.6 Å². The number of H-pyrrole nitrogens is 1. The van der Waals surface area contributed by atoms with Crippen LogP contribution in [0.2, 0.25) is 0 Å². The third kappa shape index (κ3) is 3.91. The Bertz CT molecular complexity index is 1250. The minimum absolute atomic E-state index is 0.0976. The Kier molecular flexibility index (Phi) is 5.50. The molecule has 156 valence electrons. The second-order valence-electron chi connectivity index (χ2n) is 7.79. The van der Waals surface area contributed by atoms with Gasteiger partial charge in [-0.1, -0.05) is 6.42 Å². The van der Waals surface area contributed by atoms with Gasteiger partial charge in [-0.25, -0.2) is 9.97 Å². The molecule has 8 heteroatoms. The van der Waals surface area contributed by atoms with Crippen LogP contribution in [0.5, 0.6) is 5.75 Å². The summed E-state index contributed by atoms with van der Waals surface area (Å²) in [6.45, 7) is 5.29. The van der Waals surface area contributed by atoms with Crippen LogP contribution in [0.15, 0.2) is 35.5 Å². The van der Waals surface area contributed by atoms with Crippen LogP contribution in [-0.2, 0) is 7.05 Å². The van der Waals surface area contributed by atoms with Gasteiger partial charge in [-0.3, -0.25) is 9.48 Å². The summed E-state index contributed by atoms with van der Waals surface area (Å²) in [5.41, 5.74) is 2.23. The van der Waals surface area contributed by atoms with Crippen LogP contribution in [0.25, 0.3) is 33.2 Å². The van der Waals surface area contributed by atoms with Gasteiger partial charge in [-0.2, -0.15) is 5.10 Å². The molecule has 1 saturated heterocycles. The first-order valence-electron chi connectivity index (χ1n) is 10.2. The van der Waals surface area contributed by atoms with Crippen LogP contribution in [0.3, 0.4) is 0 Å². The molecule has 8 nitrogen and oxygen atoms in total. The number of hydrogen-bond donors (Lipinski definition) is 3. The molecule has 1 aliphatic rings. The molecule has 4 aromatic rings. The highest BCUT2D eigenvalue weighted by Crippen LogP contribution is 2.35. The van der Waals surface area contributed by atoms with E-state index in [1.54, 1.807) is 23.7 Å². The Labute approximate surface area is 174 Å². The molecule has 0 amide bonds. The van der Waals surface area contributed by atoms with Crippen LogP contribution >= 0.6 is 0 Å². The largest absolute Gasteiger partial charge is 0.507 e. The molecule has 4 heterocycles. The predicted octanol–water partition coefficient (Wildman–Crippen LogP) is 3.03. The topological polar surface area (TPSA) is 109 Å². The average Bonchev–Trinajstić information content (AvgIpc) is 3.12. The molecule has 0 aliphatic carbocycles. The van der Waals surface area contributed by atoms with Gasteiger partial charge in [0.05, 0.1) is 22.0 Å². The van der Waals surface area contributed by atoms with Crippen LogP contribution in [0.1, 0.15) is 31.7 Å². The van der Waals surface area contributed by atoms with Crippen molar-refractivity contribution in [2.24, 2.45) is 7.05 Å². The minimum Gasteiger partial charge on any atom is -0.507 e. The second kappa shape index (κ2) is 8.23. The quantitative estimate of drug-likeness (QED) is 0.448. The summed E-state index contributed by atoms with van der Waals surface area (Å²) in [6.07, 6.45) is 9.06. The lowest BCUT2D eigenvalue weighted by atomic mass is 10.1. The van der Waals surface area contributed by atoms with E-state index in [1.165, 1.54) is 38.2 Å². The highest BCUT2D eigenvalue weighted by Gasteiger charge is 2.16. The van der Waals surface area contributed by atoms with Crippen molar-refractivity contribution in [2.75, 3.05) is 6.54 Å². The molecular weight excluding hydrogens is 380 g/mol. The number of aryl methyl sites for hydroxylation is 2. The summed E-state index contributed by atoms with van der Waals surface area (Å²) in [7, 11) is 1.83. The van der Waals surface area contributed by atoms with E-state index in [1.807, 2.05) is 13.2 Å². The third-order valence-electron chi connectivity index (χ3n) is 5.44. The van der Waals surface area contributed by atoms with E-state index in [2.05, 4.69) is 32.3 Å². The zero-order chi connectivity index (χ0) is 21.3. The molecule has 1 aromatic carbocycles. The summed E-state index contributed by atoms with van der Waals surface area (Å²) < 4.78 is 1.70. The molecule has 0 radical (unpaired) electrons. The number of piperidine rings is 1. The smallest absolute Gasteiger partial charge is 0.258 e. The molecule has 1 fully saturated rings. The van der Waals surface area contributed by atoms with Crippen molar-refractivity contribution in [3.8, 4) is 17.1 Å². The first kappa shape index (κ1) is 20.0. The lowest BCUT2D eigenvalue weighted by Gasteiger charge is -2.18. The summed E-state index contributed by atoms with van der Waals surface area (Å²) in [6, 6.07) is 4.29. The number of aromatic hydroxyl groups is 1. The number of nitrogens with zero attached hydrogens (tertiary/aromatic N) is 4. The van der Waals surface area contributed by atoms with Crippen molar-refractivity contribution < 1.29 is 5.11 Å². The van der Waals surface area contributed by atoms with Gasteiger partial charge in [0, 0.05) is 42.6 Å². The summed E-state index contributed by atoms with van der Waals surface area (Å²) in [5.74, 6) is 0.467. The summed E-state index contributed by atoms with van der Waals surface area (Å²) >= 11 is 0. The van der Waals surface area contributed by atoms with Crippen LogP contribution < -0.4 is 10.9 Å². The van der Waals surface area contributed by atoms with Crippen molar-refractivity contribution in [3.63, 3.8) is 0 Å². The zero-order valence-corrected chi connectivity index (χ0v) is 17.4. The molecule has 1 atom stereocenters. The van der Waals surface area contributed by atoms with Crippen LogP contribution in [0, 0.1) is 6.92 Å². The molecule has 30 heavy (non-hydrogen) atoms. The predicted molar refractivity (Wildman–Crippen MR) is 118 cm³/mol. The number of nitrogens with one attached hydrogen (secondary N) is 2. The van der Waals surface area contributed by atoms with Crippen LogP contribution in [-0.4, -0.2) is 42.4 Å². The molecule has 5 rings (SSSR count). The Morgan fingerprint density at radius 1 is 1.30 bits per heavy atom. The summed E-state index contributed by atoms with van der Waals surface area (Å²) in [5, 5.41) is 19.5. The standard InChI is InChI=1S/C16H13N5O2.C6H13N/c1-8-13-9(7-21(2)20-13)5-10(14(8)22)15-18-6-11-12(19-15)3-4-17-16(11)23;1-6-4-2-3-5-7-6/h3-7,22H,1-2H3,(H,17,23);6-7H,2-5H2,1H3. The molecule has 3 N–H and O–H groups in total. The first-order valence-corrected chi connectivity index (χ1v) is 10.2. The van der Waals surface area contributed by atoms with Crippen molar-refractivity contribution >= 4 is 21.8 Å². The third-order valence-corrected chi connectivity index (χ3v) is 5.44. The van der Waals surface area contributed by atoms with Gasteiger partial charge in [0.15, 0.2) is 5.82 Å². The van der Waals surface area contributed by atoms with Crippen molar-refractivity contribution in [1.29, 1.82) is 0 Å². The Hall–Kier alpha value is -3.26. The number of aromatic amines is 1. The number of phenols is 1. The molecular formula is C22H26N6O2. The maximum Gasteiger partial charge on any atom is 0.258 e. The maximum atomic E-state index is 11.7. The van der Waals surface area contributed by atoms with Gasteiger partial charge in [0.25, 0.3) is 5.56 Å².